The summed E-state index contributed by atoms with van der Waals surface area (Å²) in [7, 11) is 0. The van der Waals surface area contributed by atoms with Crippen LogP contribution in [0, 0.1) is 6.92 Å². The van der Waals surface area contributed by atoms with Gasteiger partial charge in [-0.05, 0) is 147 Å². The minimum atomic E-state index is 0.0955. The van der Waals surface area contributed by atoms with Gasteiger partial charge in [0.1, 0.15) is 11.1 Å². The molecule has 0 saturated heterocycles. The lowest BCUT2D eigenvalue weighted by Gasteiger charge is -2.46. The molecule has 53 heavy (non-hydrogen) atoms. The molecule has 3 nitrogen and oxygen atoms in total. The van der Waals surface area contributed by atoms with Gasteiger partial charge in [0.05, 0.1) is 5.52 Å². The Labute approximate surface area is 314 Å². The van der Waals surface area contributed by atoms with E-state index in [-0.39, 0.29) is 28.4 Å². The Bertz CT molecular complexity index is 2770. The Kier molecular flexibility index (Phi) is 5.93. The summed E-state index contributed by atoms with van der Waals surface area (Å²) in [5.74, 6) is 0. The van der Waals surface area contributed by atoms with E-state index in [0.29, 0.717) is 0 Å². The molecule has 2 aromatic heterocycles. The third kappa shape index (κ3) is 4.03. The molecule has 0 radical (unpaired) electrons. The van der Waals surface area contributed by atoms with Gasteiger partial charge in [-0.1, -0.05) is 91.8 Å². The molecule has 11 rings (SSSR count). The normalized spacial score (nSPS) is 19.6. The van der Waals surface area contributed by atoms with Crippen LogP contribution in [-0.4, -0.2) is 11.3 Å². The lowest BCUT2D eigenvalue weighted by molar-refractivity contribution is 0.332. The van der Waals surface area contributed by atoms with Crippen LogP contribution in [0.5, 0.6) is 0 Å². The Balaban J connectivity index is 1.29. The van der Waals surface area contributed by atoms with Crippen molar-refractivity contribution in [2.24, 2.45) is 0 Å². The Morgan fingerprint density at radius 3 is 1.91 bits per heavy atom. The van der Waals surface area contributed by atoms with E-state index in [9.17, 15) is 0 Å². The highest BCUT2D eigenvalue weighted by Crippen LogP contribution is 2.52. The van der Waals surface area contributed by atoms with E-state index < -0.39 is 0 Å². The highest BCUT2D eigenvalue weighted by atomic mass is 16.3. The molecule has 0 bridgehead atoms. The summed E-state index contributed by atoms with van der Waals surface area (Å²) in [6.45, 7) is 22.0. The van der Waals surface area contributed by atoms with Gasteiger partial charge in [-0.25, -0.2) is 0 Å². The second-order valence-corrected chi connectivity index (χ2v) is 19.6. The number of anilines is 3. The standard InChI is InChI=1S/C49H49BN2O/c1-28-23-39-42-40(24-28)52-43-31(45-44(52)30-13-10-11-16-41(30)53-45)14-12-15-36(43)50(42)37-26-34-35(49(8,9)22-21-48(34,6)7)27-38(37)51(39)29-17-18-32-33(25-29)47(4,5)20-19-46(32,2)3/h10-18,23-27H,19-22H2,1-9H3. The minimum absolute atomic E-state index is 0.0955. The van der Waals surface area contributed by atoms with Crippen LogP contribution in [0.1, 0.15) is 109 Å². The second-order valence-electron chi connectivity index (χ2n) is 19.6. The molecule has 0 spiro atoms. The third-order valence-corrected chi connectivity index (χ3v) is 14.3. The summed E-state index contributed by atoms with van der Waals surface area (Å²) >= 11 is 0. The van der Waals surface area contributed by atoms with Crippen LogP contribution in [0.15, 0.2) is 89.3 Å². The number of aromatic nitrogens is 1. The first-order valence-corrected chi connectivity index (χ1v) is 19.9. The summed E-state index contributed by atoms with van der Waals surface area (Å²) < 4.78 is 9.29. The Morgan fingerprint density at radius 2 is 1.17 bits per heavy atom. The van der Waals surface area contributed by atoms with Crippen molar-refractivity contribution in [3.05, 3.63) is 113 Å². The van der Waals surface area contributed by atoms with Gasteiger partial charge in [-0.2, -0.15) is 0 Å². The average Bonchev–Trinajstić information content (AvgIpc) is 3.66. The first kappa shape index (κ1) is 31.8. The van der Waals surface area contributed by atoms with Crippen molar-refractivity contribution in [2.45, 2.75) is 110 Å². The van der Waals surface area contributed by atoms with E-state index in [1.807, 2.05) is 0 Å². The van der Waals surface area contributed by atoms with Crippen LogP contribution in [0.2, 0.25) is 0 Å². The number of benzene rings is 5. The molecule has 4 aliphatic rings. The van der Waals surface area contributed by atoms with Crippen molar-refractivity contribution in [1.82, 2.24) is 4.57 Å². The van der Waals surface area contributed by atoms with Gasteiger partial charge in [0, 0.05) is 33.5 Å². The van der Waals surface area contributed by atoms with Crippen molar-refractivity contribution < 1.29 is 4.42 Å². The maximum Gasteiger partial charge on any atom is 0.252 e. The van der Waals surface area contributed by atoms with E-state index >= 15 is 0 Å². The number of hydrogen-bond donors (Lipinski definition) is 0. The fraction of sp³-hybridized carbons (Fsp3) is 0.347. The van der Waals surface area contributed by atoms with Gasteiger partial charge < -0.3 is 13.9 Å². The molecule has 0 saturated carbocycles. The van der Waals surface area contributed by atoms with Crippen LogP contribution in [0.3, 0.4) is 0 Å². The zero-order valence-corrected chi connectivity index (χ0v) is 32.8. The van der Waals surface area contributed by atoms with E-state index in [4.69, 9.17) is 4.42 Å². The van der Waals surface area contributed by atoms with Crippen molar-refractivity contribution in [2.75, 3.05) is 4.90 Å². The maximum absolute atomic E-state index is 6.73. The van der Waals surface area contributed by atoms with Crippen molar-refractivity contribution in [3.8, 4) is 5.69 Å². The number of furan rings is 1. The number of nitrogens with zero attached hydrogens (tertiary/aromatic N) is 2. The summed E-state index contributed by atoms with van der Waals surface area (Å²) in [6, 6.07) is 33.1. The average molecular weight is 693 g/mol. The maximum atomic E-state index is 6.73. The molecular weight excluding hydrogens is 643 g/mol. The van der Waals surface area contributed by atoms with Gasteiger partial charge in [0.25, 0.3) is 6.71 Å². The summed E-state index contributed by atoms with van der Waals surface area (Å²) in [6.07, 6.45) is 4.79. The second kappa shape index (κ2) is 9.88. The predicted molar refractivity (Wildman–Crippen MR) is 225 cm³/mol. The van der Waals surface area contributed by atoms with Crippen LogP contribution < -0.4 is 21.3 Å². The molecule has 2 aliphatic carbocycles. The molecule has 264 valence electrons. The zero-order chi connectivity index (χ0) is 36.6. The Morgan fingerprint density at radius 1 is 0.547 bits per heavy atom. The molecule has 0 atom stereocenters. The highest BCUT2D eigenvalue weighted by molar-refractivity contribution is 7.00. The number of fused-ring (bicyclic) bond motifs is 11. The van der Waals surface area contributed by atoms with Crippen molar-refractivity contribution >= 4 is 73.1 Å². The van der Waals surface area contributed by atoms with Gasteiger partial charge in [0.2, 0.25) is 0 Å². The molecule has 5 aromatic carbocycles. The van der Waals surface area contributed by atoms with E-state index in [1.54, 1.807) is 0 Å². The van der Waals surface area contributed by atoms with Gasteiger partial charge in [-0.3, -0.25) is 0 Å². The molecule has 0 unspecified atom stereocenters. The topological polar surface area (TPSA) is 21.3 Å². The first-order valence-electron chi connectivity index (χ1n) is 19.9. The minimum Gasteiger partial charge on any atom is -0.454 e. The van der Waals surface area contributed by atoms with Crippen molar-refractivity contribution in [3.63, 3.8) is 0 Å². The number of aryl methyl sites for hydroxylation is 1. The smallest absolute Gasteiger partial charge is 0.252 e. The summed E-state index contributed by atoms with van der Waals surface area (Å²) in [4.78, 5) is 2.66. The molecule has 4 heterocycles. The molecule has 7 aromatic rings. The van der Waals surface area contributed by atoms with Crippen molar-refractivity contribution in [1.29, 1.82) is 0 Å². The van der Waals surface area contributed by atoms with Crippen LogP contribution in [0.4, 0.5) is 17.1 Å². The Hall–Kier alpha value is -4.70. The first-order chi connectivity index (χ1) is 25.2. The predicted octanol–water partition coefficient (Wildman–Crippen LogP) is 11.1. The fourth-order valence-corrected chi connectivity index (χ4v) is 11.1. The molecule has 0 fully saturated rings. The number of hydrogen-bond acceptors (Lipinski definition) is 2. The lowest BCUT2D eigenvalue weighted by atomic mass is 9.33. The molecule has 4 heteroatoms. The van der Waals surface area contributed by atoms with Gasteiger partial charge in [0.15, 0.2) is 5.58 Å². The molecule has 0 N–H and O–H groups in total. The van der Waals surface area contributed by atoms with E-state index in [2.05, 4.69) is 157 Å². The van der Waals surface area contributed by atoms with Gasteiger partial charge >= 0.3 is 0 Å². The van der Waals surface area contributed by atoms with E-state index in [0.717, 1.165) is 11.2 Å². The number of rotatable bonds is 1. The van der Waals surface area contributed by atoms with E-state index in [1.165, 1.54) is 114 Å². The summed E-state index contributed by atoms with van der Waals surface area (Å²) in [5.41, 5.74) is 21.5. The quantitative estimate of drug-likeness (QED) is 0.160. The largest absolute Gasteiger partial charge is 0.454 e. The zero-order valence-electron chi connectivity index (χ0n) is 32.8. The summed E-state index contributed by atoms with van der Waals surface area (Å²) in [5, 5.41) is 2.37. The number of para-hydroxylation sites is 2. The molecule has 2 aliphatic heterocycles. The molecular formula is C49H49BN2O. The van der Waals surface area contributed by atoms with Crippen LogP contribution in [-0.2, 0) is 21.7 Å². The van der Waals surface area contributed by atoms with Gasteiger partial charge in [-0.15, -0.1) is 0 Å². The lowest BCUT2D eigenvalue weighted by Crippen LogP contribution is -2.61. The van der Waals surface area contributed by atoms with Crippen LogP contribution >= 0.6 is 0 Å². The third-order valence-electron chi connectivity index (χ3n) is 14.3. The molecule has 0 amide bonds. The fourth-order valence-electron chi connectivity index (χ4n) is 11.1. The van der Waals surface area contributed by atoms with Crippen LogP contribution in [0.25, 0.3) is 38.7 Å². The monoisotopic (exact) mass is 692 g/mol. The highest BCUT2D eigenvalue weighted by Gasteiger charge is 2.46. The SMILES string of the molecule is Cc1cc2c3c(c1)-n1c4c(cccc4c4oc5ccccc5c41)B3c1cc3c(cc1N2c1ccc2c(c1)C(C)(C)CCC2(C)C)C(C)(C)CCC3(C)C.